The normalized spacial score (nSPS) is 11.6. The summed E-state index contributed by atoms with van der Waals surface area (Å²) in [4.78, 5) is 12.6. The molecule has 4 heteroatoms. The van der Waals surface area contributed by atoms with Gasteiger partial charge in [-0.1, -0.05) is 47.5 Å². The molecule has 31 heavy (non-hydrogen) atoms. The number of ether oxygens (including phenoxy) is 2. The molecule has 0 aromatic heterocycles. The minimum Gasteiger partial charge on any atom is -0.493 e. The lowest BCUT2D eigenvalue weighted by Crippen LogP contribution is -2.15. The fourth-order valence-electron chi connectivity index (χ4n) is 3.10. The first kappa shape index (κ1) is 24.5. The monoisotopic (exact) mass is 423 g/mol. The summed E-state index contributed by atoms with van der Waals surface area (Å²) in [6, 6.07) is 11.0. The first-order chi connectivity index (χ1) is 14.8. The smallest absolute Gasteiger partial charge is 0.185 e. The van der Waals surface area contributed by atoms with Gasteiger partial charge < -0.3 is 15.2 Å². The number of hydrogen-bond acceptors (Lipinski definition) is 4. The van der Waals surface area contributed by atoms with Gasteiger partial charge in [0.15, 0.2) is 5.78 Å². The Morgan fingerprint density at radius 2 is 1.52 bits per heavy atom. The lowest BCUT2D eigenvalue weighted by Gasteiger charge is -2.25. The Hall–Kier alpha value is -2.75. The minimum atomic E-state index is -0.104. The summed E-state index contributed by atoms with van der Waals surface area (Å²) in [7, 11) is 0. The molecular weight excluding hydrogens is 386 g/mol. The first-order valence-electron chi connectivity index (χ1n) is 11.3. The number of benzene rings is 2. The molecule has 2 aromatic carbocycles. The van der Waals surface area contributed by atoms with Gasteiger partial charge in [-0.25, -0.2) is 0 Å². The molecule has 0 radical (unpaired) electrons. The van der Waals surface area contributed by atoms with Crippen LogP contribution in [0.1, 0.15) is 81.8 Å². The highest BCUT2D eigenvalue weighted by atomic mass is 16.5. The van der Waals surface area contributed by atoms with E-state index >= 15 is 0 Å². The SMILES string of the molecule is CCCCOc1cc(OCCCC)c(C(C)(C)C)cc1C=CC(=O)c1ccc(N)cc1. The molecule has 0 atom stereocenters. The molecule has 4 nitrogen and oxygen atoms in total. The number of carbonyl (C=O) groups excluding carboxylic acids is 1. The number of unbranched alkanes of at least 4 members (excludes halogenated alkanes) is 2. The van der Waals surface area contributed by atoms with Gasteiger partial charge >= 0.3 is 0 Å². The maximum atomic E-state index is 12.6. The van der Waals surface area contributed by atoms with Crippen molar-refractivity contribution >= 4 is 17.5 Å². The fraction of sp³-hybridized carbons (Fsp3) is 0.444. The van der Waals surface area contributed by atoms with E-state index in [2.05, 4.69) is 40.7 Å². The van der Waals surface area contributed by atoms with Crippen LogP contribution in [0.4, 0.5) is 5.69 Å². The fourth-order valence-corrected chi connectivity index (χ4v) is 3.10. The topological polar surface area (TPSA) is 61.5 Å². The van der Waals surface area contributed by atoms with Gasteiger partial charge in [-0.3, -0.25) is 4.79 Å². The lowest BCUT2D eigenvalue weighted by atomic mass is 9.85. The Bertz CT molecular complexity index is 877. The van der Waals surface area contributed by atoms with Crippen LogP contribution in [0.3, 0.4) is 0 Å². The van der Waals surface area contributed by atoms with Crippen LogP contribution in [0.5, 0.6) is 11.5 Å². The van der Waals surface area contributed by atoms with Crippen LogP contribution in [0.15, 0.2) is 42.5 Å². The van der Waals surface area contributed by atoms with E-state index in [-0.39, 0.29) is 11.2 Å². The van der Waals surface area contributed by atoms with Crippen LogP contribution in [-0.2, 0) is 5.41 Å². The Morgan fingerprint density at radius 1 is 0.935 bits per heavy atom. The number of hydrogen-bond donors (Lipinski definition) is 1. The van der Waals surface area contributed by atoms with E-state index in [1.807, 2.05) is 12.1 Å². The van der Waals surface area contributed by atoms with Crippen LogP contribution in [0.25, 0.3) is 6.08 Å². The first-order valence-corrected chi connectivity index (χ1v) is 11.3. The summed E-state index contributed by atoms with van der Waals surface area (Å²) >= 11 is 0. The predicted molar refractivity (Wildman–Crippen MR) is 130 cm³/mol. The second-order valence-corrected chi connectivity index (χ2v) is 8.86. The Labute approximate surface area is 187 Å². The van der Waals surface area contributed by atoms with Crippen molar-refractivity contribution in [1.82, 2.24) is 0 Å². The van der Waals surface area contributed by atoms with Gasteiger partial charge in [-0.05, 0) is 60.7 Å². The van der Waals surface area contributed by atoms with Crippen molar-refractivity contribution in [3.63, 3.8) is 0 Å². The Morgan fingerprint density at radius 3 is 2.06 bits per heavy atom. The van der Waals surface area contributed by atoms with Gasteiger partial charge in [0.1, 0.15) is 11.5 Å². The standard InChI is InChI=1S/C27H37NO3/c1-6-8-16-30-25-19-26(31-17-9-7-2)23(27(3,4)5)18-21(25)12-15-24(29)20-10-13-22(28)14-11-20/h10-15,18-19H,6-9,16-17,28H2,1-5H3. The van der Waals surface area contributed by atoms with E-state index in [1.54, 1.807) is 30.3 Å². The van der Waals surface area contributed by atoms with Crippen LogP contribution >= 0.6 is 0 Å². The highest BCUT2D eigenvalue weighted by Crippen LogP contribution is 2.37. The molecule has 0 aliphatic rings. The number of allylic oxidation sites excluding steroid dienone is 1. The number of nitrogens with two attached hydrogens (primary N) is 1. The quantitative estimate of drug-likeness (QED) is 0.186. The third-order valence-electron chi connectivity index (χ3n) is 5.04. The molecule has 0 bridgehead atoms. The van der Waals surface area contributed by atoms with E-state index < -0.39 is 0 Å². The lowest BCUT2D eigenvalue weighted by molar-refractivity contribution is 0.104. The minimum absolute atomic E-state index is 0.0694. The van der Waals surface area contributed by atoms with Gasteiger partial charge in [-0.15, -0.1) is 0 Å². The maximum Gasteiger partial charge on any atom is 0.185 e. The highest BCUT2D eigenvalue weighted by Gasteiger charge is 2.22. The molecule has 0 spiro atoms. The van der Waals surface area contributed by atoms with Crippen molar-refractivity contribution in [2.45, 2.75) is 65.7 Å². The number of nitrogen functional groups attached to an aromatic ring is 1. The average molecular weight is 424 g/mol. The van der Waals surface area contributed by atoms with Crippen molar-refractivity contribution in [2.24, 2.45) is 0 Å². The molecule has 0 amide bonds. The Kier molecular flexibility index (Phi) is 9.17. The van der Waals surface area contributed by atoms with E-state index in [0.717, 1.165) is 48.3 Å². The molecule has 0 saturated carbocycles. The molecule has 2 aromatic rings. The van der Waals surface area contributed by atoms with Crippen molar-refractivity contribution in [1.29, 1.82) is 0 Å². The Balaban J connectivity index is 2.41. The zero-order chi connectivity index (χ0) is 22.9. The molecule has 2 rings (SSSR count). The summed E-state index contributed by atoms with van der Waals surface area (Å²) in [5.41, 5.74) is 8.85. The van der Waals surface area contributed by atoms with Gasteiger partial charge in [-0.2, -0.15) is 0 Å². The zero-order valence-electron chi connectivity index (χ0n) is 19.7. The van der Waals surface area contributed by atoms with Crippen molar-refractivity contribution in [3.05, 3.63) is 59.2 Å². The van der Waals surface area contributed by atoms with E-state index in [9.17, 15) is 4.79 Å². The van der Waals surface area contributed by atoms with Crippen LogP contribution < -0.4 is 15.2 Å². The van der Waals surface area contributed by atoms with Crippen LogP contribution in [-0.4, -0.2) is 19.0 Å². The van der Waals surface area contributed by atoms with Crippen LogP contribution in [0, 0.1) is 0 Å². The van der Waals surface area contributed by atoms with E-state index in [4.69, 9.17) is 15.2 Å². The number of anilines is 1. The molecule has 2 N–H and O–H groups in total. The summed E-state index contributed by atoms with van der Waals surface area (Å²) in [6.45, 7) is 12.1. The third-order valence-corrected chi connectivity index (χ3v) is 5.04. The van der Waals surface area contributed by atoms with Gasteiger partial charge in [0, 0.05) is 28.4 Å². The summed E-state index contributed by atoms with van der Waals surface area (Å²) in [5.74, 6) is 1.53. The molecule has 0 aliphatic heterocycles. The van der Waals surface area contributed by atoms with Crippen molar-refractivity contribution in [3.8, 4) is 11.5 Å². The van der Waals surface area contributed by atoms with Crippen molar-refractivity contribution in [2.75, 3.05) is 18.9 Å². The number of rotatable bonds is 11. The third kappa shape index (κ3) is 7.46. The van der Waals surface area contributed by atoms with Gasteiger partial charge in [0.05, 0.1) is 13.2 Å². The maximum absolute atomic E-state index is 12.6. The van der Waals surface area contributed by atoms with Gasteiger partial charge in [0.2, 0.25) is 0 Å². The van der Waals surface area contributed by atoms with E-state index in [0.29, 0.717) is 24.5 Å². The summed E-state index contributed by atoms with van der Waals surface area (Å²) in [6.07, 6.45) is 7.55. The second-order valence-electron chi connectivity index (χ2n) is 8.86. The van der Waals surface area contributed by atoms with Crippen LogP contribution in [0.2, 0.25) is 0 Å². The predicted octanol–water partition coefficient (Wildman–Crippen LogP) is 6.82. The molecule has 0 aliphatic carbocycles. The summed E-state index contributed by atoms with van der Waals surface area (Å²) < 4.78 is 12.2. The molecule has 0 saturated heterocycles. The number of carbonyl (C=O) groups is 1. The molecular formula is C27H37NO3. The second kappa shape index (κ2) is 11.6. The molecule has 0 heterocycles. The van der Waals surface area contributed by atoms with E-state index in [1.165, 1.54) is 0 Å². The average Bonchev–Trinajstić information content (AvgIpc) is 2.72. The summed E-state index contributed by atoms with van der Waals surface area (Å²) in [5, 5.41) is 0. The number of ketones is 1. The largest absolute Gasteiger partial charge is 0.493 e. The highest BCUT2D eigenvalue weighted by molar-refractivity contribution is 6.07. The zero-order valence-corrected chi connectivity index (χ0v) is 19.7. The molecule has 168 valence electrons. The molecule has 0 fully saturated rings. The van der Waals surface area contributed by atoms with Crippen molar-refractivity contribution < 1.29 is 14.3 Å². The molecule has 0 unspecified atom stereocenters. The van der Waals surface area contributed by atoms with Gasteiger partial charge in [0.25, 0.3) is 0 Å².